The van der Waals surface area contributed by atoms with Gasteiger partial charge >= 0.3 is 0 Å². The zero-order chi connectivity index (χ0) is 17.6. The molecule has 3 rings (SSSR count). The summed E-state index contributed by atoms with van der Waals surface area (Å²) in [5.41, 5.74) is 2.19. The Kier molecular flexibility index (Phi) is 5.60. The summed E-state index contributed by atoms with van der Waals surface area (Å²) in [6.45, 7) is 3.93. The Morgan fingerprint density at radius 1 is 1.48 bits per heavy atom. The highest BCUT2D eigenvalue weighted by molar-refractivity contribution is 5.79. The molecule has 25 heavy (non-hydrogen) atoms. The normalized spacial score (nSPS) is 17.2. The second-order valence-electron chi connectivity index (χ2n) is 6.13. The van der Waals surface area contributed by atoms with E-state index in [0.717, 1.165) is 42.7 Å². The molecule has 0 amide bonds. The maximum atomic E-state index is 5.11. The van der Waals surface area contributed by atoms with Crippen molar-refractivity contribution in [3.63, 3.8) is 0 Å². The number of rotatable bonds is 5. The molecular formula is C17H25N7O. The second-order valence-corrected chi connectivity index (χ2v) is 6.13. The minimum absolute atomic E-state index is 0.264. The average molecular weight is 343 g/mol. The van der Waals surface area contributed by atoms with Crippen LogP contribution in [0.25, 0.3) is 0 Å². The molecule has 1 aliphatic rings. The topological polar surface area (TPSA) is 89.2 Å². The van der Waals surface area contributed by atoms with E-state index in [1.54, 1.807) is 14.2 Å². The molecule has 0 bridgehead atoms. The smallest absolute Gasteiger partial charge is 0.191 e. The number of hydrogen-bond acceptors (Lipinski definition) is 5. The molecule has 0 fully saturated rings. The third-order valence-electron chi connectivity index (χ3n) is 4.28. The van der Waals surface area contributed by atoms with E-state index in [2.05, 4.69) is 43.7 Å². The van der Waals surface area contributed by atoms with Crippen molar-refractivity contribution < 1.29 is 4.74 Å². The van der Waals surface area contributed by atoms with Gasteiger partial charge < -0.3 is 15.4 Å². The van der Waals surface area contributed by atoms with Crippen LogP contribution in [0.1, 0.15) is 29.3 Å². The van der Waals surface area contributed by atoms with Gasteiger partial charge in [-0.3, -0.25) is 9.98 Å². The molecule has 0 radical (unpaired) electrons. The molecule has 0 saturated carbocycles. The van der Waals surface area contributed by atoms with E-state index in [1.807, 2.05) is 16.9 Å². The Bertz CT molecular complexity index is 740. The third-order valence-corrected chi connectivity index (χ3v) is 4.28. The molecule has 8 nitrogen and oxygen atoms in total. The van der Waals surface area contributed by atoms with Gasteiger partial charge in [0, 0.05) is 32.8 Å². The lowest BCUT2D eigenvalue weighted by molar-refractivity contribution is 0.177. The molecule has 2 aromatic heterocycles. The largest absolute Gasteiger partial charge is 0.377 e. The minimum Gasteiger partial charge on any atom is -0.377 e. The fraction of sp³-hybridized carbons (Fsp3) is 0.529. The first-order chi connectivity index (χ1) is 12.2. The molecule has 2 aromatic rings. The molecule has 0 spiro atoms. The fourth-order valence-corrected chi connectivity index (χ4v) is 2.93. The number of pyridine rings is 1. The number of fused-ring (bicyclic) bond motifs is 1. The first-order valence-electron chi connectivity index (χ1n) is 8.48. The van der Waals surface area contributed by atoms with E-state index in [1.165, 1.54) is 5.56 Å². The molecule has 1 unspecified atom stereocenters. The highest BCUT2D eigenvalue weighted by Gasteiger charge is 2.22. The molecule has 2 N–H and O–H groups in total. The van der Waals surface area contributed by atoms with Crippen molar-refractivity contribution >= 4 is 5.96 Å². The van der Waals surface area contributed by atoms with Crippen molar-refractivity contribution in [1.82, 2.24) is 30.4 Å². The summed E-state index contributed by atoms with van der Waals surface area (Å²) in [5, 5.41) is 11.3. The Hall–Kier alpha value is -2.48. The number of methoxy groups -OCH3 is 1. The van der Waals surface area contributed by atoms with Gasteiger partial charge in [-0.1, -0.05) is 6.07 Å². The first kappa shape index (κ1) is 17.3. The van der Waals surface area contributed by atoms with Crippen LogP contribution >= 0.6 is 0 Å². The van der Waals surface area contributed by atoms with Crippen LogP contribution in [0.4, 0.5) is 0 Å². The lowest BCUT2D eigenvalue weighted by Gasteiger charge is -2.25. The van der Waals surface area contributed by atoms with Crippen molar-refractivity contribution in [2.24, 2.45) is 4.99 Å². The first-order valence-corrected chi connectivity index (χ1v) is 8.48. The van der Waals surface area contributed by atoms with Gasteiger partial charge in [-0.2, -0.15) is 5.10 Å². The van der Waals surface area contributed by atoms with Crippen LogP contribution in [0, 0.1) is 6.92 Å². The molecule has 8 heteroatoms. The summed E-state index contributed by atoms with van der Waals surface area (Å²) in [6, 6.07) is 4.27. The van der Waals surface area contributed by atoms with Crippen molar-refractivity contribution in [2.45, 2.75) is 45.5 Å². The number of hydrogen-bond donors (Lipinski definition) is 2. The van der Waals surface area contributed by atoms with E-state index in [0.29, 0.717) is 13.2 Å². The number of ether oxygens (including phenoxy) is 1. The second kappa shape index (κ2) is 8.06. The third kappa shape index (κ3) is 4.33. The summed E-state index contributed by atoms with van der Waals surface area (Å²) in [7, 11) is 3.43. The van der Waals surface area contributed by atoms with E-state index in [-0.39, 0.29) is 6.04 Å². The number of guanidine groups is 1. The minimum atomic E-state index is 0.264. The van der Waals surface area contributed by atoms with E-state index in [4.69, 9.17) is 4.74 Å². The summed E-state index contributed by atoms with van der Waals surface area (Å²) in [6.07, 6.45) is 3.70. The predicted octanol–water partition coefficient (Wildman–Crippen LogP) is 0.808. The molecule has 134 valence electrons. The lowest BCUT2D eigenvalue weighted by atomic mass is 10.1. The van der Waals surface area contributed by atoms with E-state index >= 15 is 0 Å². The van der Waals surface area contributed by atoms with E-state index in [9.17, 15) is 0 Å². The number of aromatic nitrogens is 4. The lowest BCUT2D eigenvalue weighted by Crippen LogP contribution is -2.46. The summed E-state index contributed by atoms with van der Waals surface area (Å²) in [4.78, 5) is 13.2. The molecule has 0 saturated heterocycles. The molecule has 0 aromatic carbocycles. The molecular weight excluding hydrogens is 318 g/mol. The fourth-order valence-electron chi connectivity index (χ4n) is 2.93. The van der Waals surface area contributed by atoms with Gasteiger partial charge in [0.25, 0.3) is 0 Å². The maximum absolute atomic E-state index is 5.11. The standard InChI is InChI=1S/C17H25N7O/c1-12-5-4-8-19-14(12)9-20-17(18-2)21-13-6-7-16-22-15(11-25-3)23-24(16)10-13/h4-5,8,13H,6-7,9-11H2,1-3H3,(H2,18,20,21). The van der Waals surface area contributed by atoms with Crippen LogP contribution in [-0.4, -0.2) is 45.9 Å². The van der Waals surface area contributed by atoms with Crippen LogP contribution in [0.2, 0.25) is 0 Å². The molecule has 3 heterocycles. The number of nitrogens with one attached hydrogen (secondary N) is 2. The van der Waals surface area contributed by atoms with Gasteiger partial charge in [-0.25, -0.2) is 9.67 Å². The number of aliphatic imine (C=N–C) groups is 1. The average Bonchev–Trinajstić information content (AvgIpc) is 3.01. The van der Waals surface area contributed by atoms with Gasteiger partial charge in [0.05, 0.1) is 18.8 Å². The van der Waals surface area contributed by atoms with E-state index < -0.39 is 0 Å². The Labute approximate surface area is 147 Å². The highest BCUT2D eigenvalue weighted by Crippen LogP contribution is 2.13. The summed E-state index contributed by atoms with van der Waals surface area (Å²) < 4.78 is 7.07. The summed E-state index contributed by atoms with van der Waals surface area (Å²) >= 11 is 0. The monoisotopic (exact) mass is 343 g/mol. The van der Waals surface area contributed by atoms with Crippen LogP contribution in [0.5, 0.6) is 0 Å². The van der Waals surface area contributed by atoms with Crippen LogP contribution in [-0.2, 0) is 30.9 Å². The number of nitrogens with zero attached hydrogens (tertiary/aromatic N) is 5. The van der Waals surface area contributed by atoms with Crippen LogP contribution in [0.15, 0.2) is 23.3 Å². The quantitative estimate of drug-likeness (QED) is 0.617. The number of aryl methyl sites for hydroxylation is 2. The van der Waals surface area contributed by atoms with Gasteiger partial charge in [0.1, 0.15) is 12.4 Å². The molecule has 0 aliphatic carbocycles. The molecule has 1 aliphatic heterocycles. The van der Waals surface area contributed by atoms with Crippen LogP contribution < -0.4 is 10.6 Å². The predicted molar refractivity (Wildman–Crippen MR) is 95.2 cm³/mol. The van der Waals surface area contributed by atoms with Crippen LogP contribution in [0.3, 0.4) is 0 Å². The Balaban J connectivity index is 1.56. The van der Waals surface area contributed by atoms with Gasteiger partial charge in [0.15, 0.2) is 11.8 Å². The van der Waals surface area contributed by atoms with Gasteiger partial charge in [-0.15, -0.1) is 0 Å². The Morgan fingerprint density at radius 2 is 2.36 bits per heavy atom. The van der Waals surface area contributed by atoms with Gasteiger partial charge in [-0.05, 0) is 25.0 Å². The Morgan fingerprint density at radius 3 is 3.12 bits per heavy atom. The van der Waals surface area contributed by atoms with Crippen molar-refractivity contribution in [1.29, 1.82) is 0 Å². The SMILES string of the molecule is CN=C(NCc1ncccc1C)NC1CCc2nc(COC)nn2C1. The maximum Gasteiger partial charge on any atom is 0.191 e. The van der Waals surface area contributed by atoms with Crippen molar-refractivity contribution in [3.05, 3.63) is 41.2 Å². The zero-order valence-electron chi connectivity index (χ0n) is 15.0. The molecule has 1 atom stereocenters. The van der Waals surface area contributed by atoms with Crippen molar-refractivity contribution in [2.75, 3.05) is 14.2 Å². The zero-order valence-corrected chi connectivity index (χ0v) is 15.0. The summed E-state index contributed by atoms with van der Waals surface area (Å²) in [5.74, 6) is 2.54. The highest BCUT2D eigenvalue weighted by atomic mass is 16.5. The van der Waals surface area contributed by atoms with Crippen molar-refractivity contribution in [3.8, 4) is 0 Å². The van der Waals surface area contributed by atoms with Gasteiger partial charge in [0.2, 0.25) is 0 Å².